The number of benzene rings is 1. The van der Waals surface area contributed by atoms with Gasteiger partial charge in [-0.15, -0.1) is 0 Å². The lowest BCUT2D eigenvalue weighted by Gasteiger charge is -2.14. The van der Waals surface area contributed by atoms with Crippen LogP contribution in [0.2, 0.25) is 0 Å². The van der Waals surface area contributed by atoms with Gasteiger partial charge in [0.25, 0.3) is 0 Å². The first kappa shape index (κ1) is 17.0. The minimum atomic E-state index is -0.249. The molecule has 0 radical (unpaired) electrons. The molecule has 0 saturated heterocycles. The summed E-state index contributed by atoms with van der Waals surface area (Å²) in [6.07, 6.45) is 3.85. The second-order valence-corrected chi connectivity index (χ2v) is 4.70. The molecule has 114 valence electrons. The molecule has 0 aliphatic carbocycles. The van der Waals surface area contributed by atoms with Crippen molar-refractivity contribution in [3.8, 4) is 5.75 Å². The first-order valence-electron chi connectivity index (χ1n) is 7.07. The molecular formula is C16H23N3O2. The zero-order chi connectivity index (χ0) is 15.7. The van der Waals surface area contributed by atoms with Gasteiger partial charge in [-0.2, -0.15) is 0 Å². The molecule has 1 unspecified atom stereocenters. The Morgan fingerprint density at radius 1 is 1.48 bits per heavy atom. The monoisotopic (exact) mass is 289 g/mol. The fraction of sp³-hybridized carbons (Fsp3) is 0.438. The van der Waals surface area contributed by atoms with Crippen LogP contribution in [0.3, 0.4) is 0 Å². The van der Waals surface area contributed by atoms with Crippen molar-refractivity contribution in [2.75, 3.05) is 19.8 Å². The summed E-state index contributed by atoms with van der Waals surface area (Å²) in [7, 11) is 0. The van der Waals surface area contributed by atoms with Crippen molar-refractivity contribution in [3.05, 3.63) is 29.3 Å². The Balaban J connectivity index is 3.06. The van der Waals surface area contributed by atoms with Crippen LogP contribution in [-0.4, -0.2) is 43.0 Å². The van der Waals surface area contributed by atoms with E-state index in [0.29, 0.717) is 24.6 Å². The third-order valence-corrected chi connectivity index (χ3v) is 2.93. The van der Waals surface area contributed by atoms with E-state index in [4.69, 9.17) is 20.7 Å². The highest BCUT2D eigenvalue weighted by molar-refractivity contribution is 5.99. The van der Waals surface area contributed by atoms with E-state index in [0.717, 1.165) is 17.5 Å². The maximum atomic E-state index is 8.75. The molecule has 0 amide bonds. The topological polar surface area (TPSA) is 89.5 Å². The molecule has 3 N–H and O–H groups in total. The summed E-state index contributed by atoms with van der Waals surface area (Å²) in [4.78, 5) is 4.08. The van der Waals surface area contributed by atoms with Gasteiger partial charge in [-0.1, -0.05) is 13.0 Å². The van der Waals surface area contributed by atoms with Gasteiger partial charge in [0.05, 0.1) is 25.7 Å². The number of nitrogens with one attached hydrogen (secondary N) is 2. The first-order valence-corrected chi connectivity index (χ1v) is 7.07. The van der Waals surface area contributed by atoms with Gasteiger partial charge in [0.1, 0.15) is 5.75 Å². The second-order valence-electron chi connectivity index (χ2n) is 4.70. The molecule has 21 heavy (non-hydrogen) atoms. The summed E-state index contributed by atoms with van der Waals surface area (Å²) < 4.78 is 5.71. The normalized spacial score (nSPS) is 12.3. The summed E-state index contributed by atoms with van der Waals surface area (Å²) in [5.74, 6) is 0.421. The fourth-order valence-electron chi connectivity index (χ4n) is 1.86. The number of hydrogen-bond donors (Lipinski definition) is 3. The third kappa shape index (κ3) is 5.11. The fourth-order valence-corrected chi connectivity index (χ4v) is 1.86. The van der Waals surface area contributed by atoms with Crippen LogP contribution >= 0.6 is 0 Å². The zero-order valence-electron chi connectivity index (χ0n) is 12.6. The van der Waals surface area contributed by atoms with Gasteiger partial charge in [0, 0.05) is 23.7 Å². The van der Waals surface area contributed by atoms with Gasteiger partial charge < -0.3 is 20.7 Å². The van der Waals surface area contributed by atoms with E-state index < -0.39 is 0 Å². The Kier molecular flexibility index (Phi) is 7.32. The molecule has 5 nitrogen and oxygen atoms in total. The highest BCUT2D eigenvalue weighted by Crippen LogP contribution is 2.25. The molecule has 5 heteroatoms. The van der Waals surface area contributed by atoms with Gasteiger partial charge in [0.15, 0.2) is 0 Å². The zero-order valence-corrected chi connectivity index (χ0v) is 12.6. The van der Waals surface area contributed by atoms with E-state index in [1.54, 1.807) is 13.1 Å². The number of aliphatic hydroxyl groups is 1. The first-order chi connectivity index (χ1) is 10.1. The van der Waals surface area contributed by atoms with Gasteiger partial charge in [0.2, 0.25) is 0 Å². The van der Waals surface area contributed by atoms with E-state index in [1.165, 1.54) is 6.21 Å². The maximum absolute atomic E-state index is 8.75. The quantitative estimate of drug-likeness (QED) is 0.610. The Morgan fingerprint density at radius 2 is 2.24 bits per heavy atom. The molecular weight excluding hydrogens is 266 g/mol. The molecule has 1 rings (SSSR count). The van der Waals surface area contributed by atoms with Crippen LogP contribution in [-0.2, 0) is 0 Å². The molecule has 0 aliphatic heterocycles. The molecule has 1 aromatic rings. The van der Waals surface area contributed by atoms with Gasteiger partial charge in [-0.05, 0) is 31.0 Å². The Labute approximate surface area is 125 Å². The predicted molar refractivity (Wildman–Crippen MR) is 86.7 cm³/mol. The Bertz CT molecular complexity index is 512. The summed E-state index contributed by atoms with van der Waals surface area (Å²) >= 11 is 0. The Morgan fingerprint density at radius 3 is 2.81 bits per heavy atom. The average Bonchev–Trinajstić information content (AvgIpc) is 2.49. The molecule has 0 aromatic heterocycles. The lowest BCUT2D eigenvalue weighted by Crippen LogP contribution is -2.07. The van der Waals surface area contributed by atoms with Crippen molar-refractivity contribution in [1.29, 1.82) is 10.8 Å². The van der Waals surface area contributed by atoms with Crippen molar-refractivity contribution < 1.29 is 9.84 Å². The van der Waals surface area contributed by atoms with Gasteiger partial charge in [-0.25, -0.2) is 0 Å². The Hall–Kier alpha value is -2.01. The van der Waals surface area contributed by atoms with Crippen LogP contribution in [0.5, 0.6) is 5.75 Å². The molecule has 0 aliphatic rings. The number of nitrogens with zero attached hydrogens (tertiary/aromatic N) is 1. The lowest BCUT2D eigenvalue weighted by molar-refractivity contribution is 0.307. The smallest absolute Gasteiger partial charge is 0.128 e. The number of aliphatic hydroxyl groups excluding tert-OH is 1. The largest absolute Gasteiger partial charge is 0.493 e. The molecule has 0 spiro atoms. The van der Waals surface area contributed by atoms with E-state index in [1.807, 2.05) is 25.1 Å². The van der Waals surface area contributed by atoms with E-state index in [2.05, 4.69) is 4.99 Å². The highest BCUT2D eigenvalue weighted by Gasteiger charge is 2.12. The molecule has 0 heterocycles. The minimum Gasteiger partial charge on any atom is -0.493 e. The maximum Gasteiger partial charge on any atom is 0.128 e. The lowest BCUT2D eigenvalue weighted by atomic mass is 9.98. The summed E-state index contributed by atoms with van der Waals surface area (Å²) in [5.41, 5.74) is 2.11. The molecule has 1 aromatic carbocycles. The van der Waals surface area contributed by atoms with Crippen LogP contribution < -0.4 is 4.74 Å². The van der Waals surface area contributed by atoms with E-state index in [9.17, 15) is 0 Å². The molecule has 1 atom stereocenters. The van der Waals surface area contributed by atoms with E-state index in [-0.39, 0.29) is 12.5 Å². The van der Waals surface area contributed by atoms with Crippen molar-refractivity contribution in [2.24, 2.45) is 4.99 Å². The summed E-state index contributed by atoms with van der Waals surface area (Å²) in [6, 6.07) is 5.59. The van der Waals surface area contributed by atoms with Crippen LogP contribution in [0.25, 0.3) is 0 Å². The minimum absolute atomic E-state index is 0.00197. The van der Waals surface area contributed by atoms with Crippen molar-refractivity contribution in [2.45, 2.75) is 26.2 Å². The van der Waals surface area contributed by atoms with Crippen LogP contribution in [0, 0.1) is 10.8 Å². The molecule has 0 bridgehead atoms. The van der Waals surface area contributed by atoms with Crippen molar-refractivity contribution in [1.82, 2.24) is 0 Å². The number of hydrogen-bond acceptors (Lipinski definition) is 5. The molecule has 0 saturated carbocycles. The molecule has 0 fully saturated rings. The number of aliphatic imine (C=N–C) groups is 1. The van der Waals surface area contributed by atoms with Crippen LogP contribution in [0.1, 0.15) is 37.3 Å². The highest BCUT2D eigenvalue weighted by atomic mass is 16.5. The van der Waals surface area contributed by atoms with Gasteiger partial charge in [-0.3, -0.25) is 4.99 Å². The standard InChI is InChI=1S/C16H23N3O2/c1-3-8-21-16-9-13(4-5-15(16)12(2)18)14(10-17)11-19-6-7-20/h4-5,9-11,14,17-18,20H,3,6-8H2,1-2H3. The summed E-state index contributed by atoms with van der Waals surface area (Å²) in [6.45, 7) is 4.68. The SMILES string of the molecule is CCCOc1cc(C(C=N)C=NCCO)ccc1C(C)=N. The predicted octanol–water partition coefficient (Wildman–Crippen LogP) is 2.66. The number of rotatable bonds is 9. The third-order valence-electron chi connectivity index (χ3n) is 2.93. The average molecular weight is 289 g/mol. The van der Waals surface area contributed by atoms with Crippen molar-refractivity contribution >= 4 is 18.1 Å². The second kappa shape index (κ2) is 9.02. The summed E-state index contributed by atoms with van der Waals surface area (Å²) in [5, 5.41) is 24.1. The van der Waals surface area contributed by atoms with Gasteiger partial charge >= 0.3 is 0 Å². The number of ether oxygens (including phenoxy) is 1. The van der Waals surface area contributed by atoms with Crippen LogP contribution in [0.4, 0.5) is 0 Å². The van der Waals surface area contributed by atoms with E-state index >= 15 is 0 Å². The van der Waals surface area contributed by atoms with Crippen LogP contribution in [0.15, 0.2) is 23.2 Å². The van der Waals surface area contributed by atoms with Crippen molar-refractivity contribution in [3.63, 3.8) is 0 Å².